The average Bonchev–Trinajstić information content (AvgIpc) is 2.01. The molecule has 0 aromatic heterocycles. The summed E-state index contributed by atoms with van der Waals surface area (Å²) in [5.74, 6) is 1.63. The van der Waals surface area contributed by atoms with Crippen LogP contribution in [0.5, 0.6) is 0 Å². The Bertz CT molecular complexity index is 468. The summed E-state index contributed by atoms with van der Waals surface area (Å²) >= 11 is 0. The fraction of sp³-hybridized carbons (Fsp3) is 0.429. The van der Waals surface area contributed by atoms with E-state index in [2.05, 4.69) is 9.98 Å². The summed E-state index contributed by atoms with van der Waals surface area (Å²) in [5.41, 5.74) is 0.396. The molecule has 7 heteroatoms. The third kappa shape index (κ3) is 1.95. The fourth-order valence-electron chi connectivity index (χ4n) is 1.05. The second kappa shape index (κ2) is 3.45. The summed E-state index contributed by atoms with van der Waals surface area (Å²) < 4.78 is 30.0. The molecule has 6 nitrogen and oxygen atoms in total. The zero-order chi connectivity index (χ0) is 10.9. The Hall–Kier alpha value is -1.30. The number of amidine groups is 1. The number of rotatable bonds is 0. The summed E-state index contributed by atoms with van der Waals surface area (Å²) in [5, 5.41) is -0.665. The van der Waals surface area contributed by atoms with E-state index in [0.29, 0.717) is 0 Å². The zero-order valence-electron chi connectivity index (χ0n) is 7.55. The molecule has 0 bridgehead atoms. The first-order valence-corrected chi connectivity index (χ1v) is 5.16. The van der Waals surface area contributed by atoms with Crippen molar-refractivity contribution in [3.63, 3.8) is 0 Å². The topological polar surface area (TPSA) is 96.2 Å². The molecule has 0 amide bonds. The van der Waals surface area contributed by atoms with Crippen LogP contribution in [0.4, 0.5) is 0 Å². The van der Waals surface area contributed by atoms with Crippen LogP contribution in [0.25, 0.3) is 0 Å². The highest BCUT2D eigenvalue weighted by Gasteiger charge is 2.25. The van der Waals surface area contributed by atoms with Crippen molar-refractivity contribution in [3.05, 3.63) is 5.57 Å². The highest BCUT2D eigenvalue weighted by molar-refractivity contribution is 8.01. The molecular formula is C7H8N2O4S. The Kier molecular flexibility index (Phi) is 2.66. The molecular weight excluding hydrogens is 208 g/mol. The highest BCUT2D eigenvalue weighted by Crippen LogP contribution is 2.13. The van der Waals surface area contributed by atoms with Gasteiger partial charge in [-0.2, -0.15) is 8.42 Å². The predicted molar refractivity (Wildman–Crippen MR) is 50.8 cm³/mol. The summed E-state index contributed by atoms with van der Waals surface area (Å²) in [6, 6.07) is -0.651. The lowest BCUT2D eigenvalue weighted by Crippen LogP contribution is -2.24. The summed E-state index contributed by atoms with van der Waals surface area (Å²) in [7, 11) is -4.40. The second-order valence-corrected chi connectivity index (χ2v) is 4.09. The molecule has 1 N–H and O–H groups in total. The van der Waals surface area contributed by atoms with Crippen molar-refractivity contribution in [1.29, 1.82) is 0 Å². The molecule has 1 heterocycles. The number of carbonyl (C=O) groups excluding carboxylic acids is 1. The minimum Gasteiger partial charge on any atom is -0.279 e. The lowest BCUT2D eigenvalue weighted by molar-refractivity contribution is 0.497. The number of aliphatic imine (C=N–C) groups is 2. The van der Waals surface area contributed by atoms with Gasteiger partial charge >= 0.3 is 10.1 Å². The molecule has 14 heavy (non-hydrogen) atoms. The largest absolute Gasteiger partial charge is 0.330 e. The van der Waals surface area contributed by atoms with Gasteiger partial charge in [-0.3, -0.25) is 4.55 Å². The third-order valence-corrected chi connectivity index (χ3v) is 2.37. The summed E-state index contributed by atoms with van der Waals surface area (Å²) in [4.78, 5) is 17.4. The maximum atomic E-state index is 10.7. The van der Waals surface area contributed by atoms with Gasteiger partial charge in [-0.1, -0.05) is 0 Å². The van der Waals surface area contributed by atoms with E-state index >= 15 is 0 Å². The molecule has 1 atom stereocenters. The van der Waals surface area contributed by atoms with Crippen molar-refractivity contribution in [2.24, 2.45) is 9.98 Å². The minimum atomic E-state index is -4.40. The Balaban J connectivity index is 3.29. The molecule has 76 valence electrons. The molecule has 0 saturated heterocycles. The smallest absolute Gasteiger partial charge is 0.279 e. The molecule has 1 aliphatic heterocycles. The van der Waals surface area contributed by atoms with Gasteiger partial charge < -0.3 is 0 Å². The third-order valence-electron chi connectivity index (χ3n) is 1.72. The van der Waals surface area contributed by atoms with E-state index in [1.54, 1.807) is 5.94 Å². The molecule has 0 fully saturated rings. The van der Waals surface area contributed by atoms with Crippen LogP contribution in [-0.2, 0) is 14.9 Å². The van der Waals surface area contributed by atoms with Gasteiger partial charge in [0.1, 0.15) is 5.94 Å². The van der Waals surface area contributed by atoms with Gasteiger partial charge in [-0.15, -0.1) is 0 Å². The summed E-state index contributed by atoms with van der Waals surface area (Å²) in [6.07, 6.45) is 0. The van der Waals surface area contributed by atoms with Gasteiger partial charge in [-0.05, 0) is 13.8 Å². The lowest BCUT2D eigenvalue weighted by Gasteiger charge is -2.13. The Morgan fingerprint density at radius 3 is 2.43 bits per heavy atom. The minimum absolute atomic E-state index is 0.192. The van der Waals surface area contributed by atoms with E-state index in [1.807, 2.05) is 0 Å². The highest BCUT2D eigenvalue weighted by atomic mass is 32.2. The average molecular weight is 216 g/mol. The molecule has 0 saturated carbocycles. The molecule has 0 aromatic carbocycles. The summed E-state index contributed by atoms with van der Waals surface area (Å²) in [6.45, 7) is 2.97. The van der Waals surface area contributed by atoms with Crippen LogP contribution in [0.15, 0.2) is 15.6 Å². The zero-order valence-corrected chi connectivity index (χ0v) is 8.37. The van der Waals surface area contributed by atoms with Crippen molar-refractivity contribution in [2.45, 2.75) is 19.9 Å². The van der Waals surface area contributed by atoms with Gasteiger partial charge in [0.15, 0.2) is 0 Å². The first-order chi connectivity index (χ1) is 6.36. The molecule has 0 radical (unpaired) electrons. The van der Waals surface area contributed by atoms with E-state index < -0.39 is 21.3 Å². The van der Waals surface area contributed by atoms with E-state index in [9.17, 15) is 13.2 Å². The predicted octanol–water partition coefficient (Wildman–Crippen LogP) is -0.149. The van der Waals surface area contributed by atoms with Crippen molar-refractivity contribution in [1.82, 2.24) is 0 Å². The van der Waals surface area contributed by atoms with E-state index in [1.165, 1.54) is 13.8 Å². The molecule has 1 unspecified atom stereocenters. The van der Waals surface area contributed by atoms with Crippen LogP contribution in [0.2, 0.25) is 0 Å². The van der Waals surface area contributed by atoms with Crippen molar-refractivity contribution in [3.8, 4) is 0 Å². The van der Waals surface area contributed by atoms with E-state index in [-0.39, 0.29) is 11.3 Å². The maximum Gasteiger partial charge on any atom is 0.330 e. The van der Waals surface area contributed by atoms with Gasteiger partial charge in [0.2, 0.25) is 0 Å². The van der Waals surface area contributed by atoms with Gasteiger partial charge in [-0.25, -0.2) is 14.8 Å². The monoisotopic (exact) mass is 216 g/mol. The first kappa shape index (κ1) is 10.8. The van der Waals surface area contributed by atoms with Gasteiger partial charge in [0.05, 0.1) is 17.3 Å². The first-order valence-electron chi connectivity index (χ1n) is 3.72. The second-order valence-electron chi connectivity index (χ2n) is 2.78. The van der Waals surface area contributed by atoms with Crippen molar-refractivity contribution < 1.29 is 17.8 Å². The van der Waals surface area contributed by atoms with Crippen LogP contribution < -0.4 is 0 Å². The number of hydrogen-bond acceptors (Lipinski definition) is 5. The standard InChI is InChI=1S/C7H8N2O4S/c1-4-6(3-10)5(2)9-7(8-4)14(11,12)13/h4H,1-2H3,(H,11,12,13). The molecule has 0 aliphatic carbocycles. The van der Waals surface area contributed by atoms with Crippen molar-refractivity contribution >= 4 is 26.9 Å². The molecule has 1 rings (SSSR count). The molecule has 0 spiro atoms. The van der Waals surface area contributed by atoms with Crippen LogP contribution in [0, 0.1) is 0 Å². The van der Waals surface area contributed by atoms with Gasteiger partial charge in [0.25, 0.3) is 5.17 Å². The van der Waals surface area contributed by atoms with E-state index in [0.717, 1.165) is 0 Å². The number of hydrogen-bond donors (Lipinski definition) is 1. The number of nitrogens with zero attached hydrogens (tertiary/aromatic N) is 2. The van der Waals surface area contributed by atoms with Crippen LogP contribution >= 0.6 is 0 Å². The normalized spacial score (nSPS) is 22.5. The van der Waals surface area contributed by atoms with Crippen LogP contribution in [0.3, 0.4) is 0 Å². The lowest BCUT2D eigenvalue weighted by atomic mass is 10.1. The fourth-order valence-corrected chi connectivity index (χ4v) is 1.59. The molecule has 0 aromatic rings. The van der Waals surface area contributed by atoms with Crippen molar-refractivity contribution in [2.75, 3.05) is 0 Å². The van der Waals surface area contributed by atoms with Gasteiger partial charge in [0, 0.05) is 0 Å². The maximum absolute atomic E-state index is 10.7. The van der Waals surface area contributed by atoms with Crippen LogP contribution in [0.1, 0.15) is 13.8 Å². The Labute approximate surface area is 80.8 Å². The Morgan fingerprint density at radius 1 is 1.50 bits per heavy atom. The molecule has 1 aliphatic rings. The van der Waals surface area contributed by atoms with E-state index in [4.69, 9.17) is 4.55 Å². The quantitative estimate of drug-likeness (QED) is 0.450. The van der Waals surface area contributed by atoms with Crippen LogP contribution in [-0.4, -0.2) is 35.8 Å². The SMILES string of the molecule is CC1=NC(S(=O)(=O)O)=NC(C)C1=C=O. The Morgan fingerprint density at radius 2 is 2.07 bits per heavy atom.